The molecule has 0 aromatic rings. The van der Waals surface area contributed by atoms with E-state index in [4.69, 9.17) is 4.74 Å². The second-order valence-electron chi connectivity index (χ2n) is 3.35. The van der Waals surface area contributed by atoms with Crippen molar-refractivity contribution in [2.24, 2.45) is 0 Å². The van der Waals surface area contributed by atoms with Gasteiger partial charge in [0.1, 0.15) is 23.9 Å². The van der Waals surface area contributed by atoms with Crippen molar-refractivity contribution < 1.29 is 9.53 Å². The Balaban J connectivity index is 2.06. The van der Waals surface area contributed by atoms with Gasteiger partial charge in [0.05, 0.1) is 0 Å². The van der Waals surface area contributed by atoms with Crippen LogP contribution in [0.4, 0.5) is 0 Å². The quantitative estimate of drug-likeness (QED) is 0.391. The molecule has 0 spiro atoms. The highest BCUT2D eigenvalue weighted by atomic mass is 32.2. The van der Waals surface area contributed by atoms with Crippen LogP contribution in [0.5, 0.6) is 0 Å². The number of carbonyl (C=O) groups is 1. The fourth-order valence-corrected chi connectivity index (χ4v) is 3.45. The molecule has 0 aromatic heterocycles. The molecule has 1 aliphatic rings. The number of ether oxygens (including phenoxy) is 1. The monoisotopic (exact) mass is 201 g/mol. The predicted octanol–water partition coefficient (Wildman–Crippen LogP) is 1.52. The van der Waals surface area contributed by atoms with E-state index in [1.807, 2.05) is 0 Å². The van der Waals surface area contributed by atoms with Crippen LogP contribution in [0.3, 0.4) is 0 Å². The maximum absolute atomic E-state index is 11.0. The van der Waals surface area contributed by atoms with E-state index in [1.54, 1.807) is 6.92 Å². The van der Waals surface area contributed by atoms with Gasteiger partial charge in [-0.1, -0.05) is 6.58 Å². The molecule has 3 heteroatoms. The highest BCUT2D eigenvalue weighted by molar-refractivity contribution is 7.97. The second kappa shape index (κ2) is 5.32. The van der Waals surface area contributed by atoms with E-state index in [2.05, 4.69) is 6.58 Å². The standard InChI is InChI=1S/C10H17O2S/c1-9(2)10(11)12-5-8-13-6-3-4-7-13/h1,3-8H2,2H3/q+1. The first kappa shape index (κ1) is 10.6. The van der Waals surface area contributed by atoms with Gasteiger partial charge in [0, 0.05) is 5.57 Å². The normalized spacial score (nSPS) is 17.3. The van der Waals surface area contributed by atoms with Crippen molar-refractivity contribution in [1.29, 1.82) is 0 Å². The molecule has 0 radical (unpaired) electrons. The molecule has 0 amide bonds. The topological polar surface area (TPSA) is 26.3 Å². The van der Waals surface area contributed by atoms with Crippen molar-refractivity contribution >= 4 is 16.9 Å². The summed E-state index contributed by atoms with van der Waals surface area (Å²) in [4.78, 5) is 11.0. The third-order valence-electron chi connectivity index (χ3n) is 2.07. The summed E-state index contributed by atoms with van der Waals surface area (Å²) in [5.41, 5.74) is 0.495. The lowest BCUT2D eigenvalue weighted by Gasteiger charge is -2.03. The number of esters is 1. The van der Waals surface area contributed by atoms with Crippen molar-refractivity contribution in [2.45, 2.75) is 19.8 Å². The highest BCUT2D eigenvalue weighted by Crippen LogP contribution is 2.13. The zero-order valence-electron chi connectivity index (χ0n) is 8.17. The number of carbonyl (C=O) groups excluding carboxylic acids is 1. The maximum Gasteiger partial charge on any atom is 0.333 e. The van der Waals surface area contributed by atoms with E-state index in [-0.39, 0.29) is 5.97 Å². The summed E-state index contributed by atoms with van der Waals surface area (Å²) >= 11 is 0. The van der Waals surface area contributed by atoms with Crippen LogP contribution in [0.2, 0.25) is 0 Å². The third kappa shape index (κ3) is 3.85. The Morgan fingerprint density at radius 2 is 2.08 bits per heavy atom. The fraction of sp³-hybridized carbons (Fsp3) is 0.700. The van der Waals surface area contributed by atoms with E-state index in [0.29, 0.717) is 23.1 Å². The number of hydrogen-bond acceptors (Lipinski definition) is 2. The Morgan fingerprint density at radius 3 is 2.62 bits per heavy atom. The summed E-state index contributed by atoms with van der Waals surface area (Å²) in [5, 5.41) is 0. The van der Waals surface area contributed by atoms with Crippen LogP contribution in [-0.2, 0) is 20.4 Å². The van der Waals surface area contributed by atoms with Gasteiger partial charge in [0.2, 0.25) is 0 Å². The smallest absolute Gasteiger partial charge is 0.333 e. The minimum absolute atomic E-state index is 0.247. The lowest BCUT2D eigenvalue weighted by atomic mass is 10.4. The van der Waals surface area contributed by atoms with Gasteiger partial charge in [-0.05, 0) is 30.7 Å². The van der Waals surface area contributed by atoms with Gasteiger partial charge in [-0.3, -0.25) is 0 Å². The Bertz CT molecular complexity index is 195. The molecule has 0 bridgehead atoms. The molecule has 13 heavy (non-hydrogen) atoms. The predicted molar refractivity (Wildman–Crippen MR) is 57.0 cm³/mol. The maximum atomic E-state index is 11.0. The largest absolute Gasteiger partial charge is 0.457 e. The Labute approximate surface area is 82.7 Å². The van der Waals surface area contributed by atoms with Crippen LogP contribution in [0.15, 0.2) is 12.2 Å². The van der Waals surface area contributed by atoms with Crippen LogP contribution in [0.1, 0.15) is 19.8 Å². The van der Waals surface area contributed by atoms with Crippen molar-refractivity contribution in [3.8, 4) is 0 Å². The Kier molecular flexibility index (Phi) is 4.36. The third-order valence-corrected chi connectivity index (χ3v) is 4.55. The lowest BCUT2D eigenvalue weighted by molar-refractivity contribution is -0.138. The molecule has 0 N–H and O–H groups in total. The highest BCUT2D eigenvalue weighted by Gasteiger charge is 2.23. The lowest BCUT2D eigenvalue weighted by Crippen LogP contribution is -2.17. The van der Waals surface area contributed by atoms with Crippen LogP contribution in [-0.4, -0.2) is 29.8 Å². The van der Waals surface area contributed by atoms with Crippen LogP contribution in [0, 0.1) is 0 Å². The molecule has 0 unspecified atom stereocenters. The number of hydrogen-bond donors (Lipinski definition) is 0. The molecule has 1 aliphatic heterocycles. The summed E-state index contributed by atoms with van der Waals surface area (Å²) < 4.78 is 5.03. The Hall–Kier alpha value is -0.440. The molecular weight excluding hydrogens is 184 g/mol. The van der Waals surface area contributed by atoms with Crippen molar-refractivity contribution in [3.05, 3.63) is 12.2 Å². The van der Waals surface area contributed by atoms with E-state index in [9.17, 15) is 4.79 Å². The average molecular weight is 201 g/mol. The molecule has 1 heterocycles. The summed E-state index contributed by atoms with van der Waals surface area (Å²) in [6.07, 6.45) is 2.72. The fourth-order valence-electron chi connectivity index (χ4n) is 1.29. The van der Waals surface area contributed by atoms with Gasteiger partial charge >= 0.3 is 5.97 Å². The average Bonchev–Trinajstić information content (AvgIpc) is 2.56. The van der Waals surface area contributed by atoms with Gasteiger partial charge in [-0.2, -0.15) is 0 Å². The minimum atomic E-state index is -0.247. The minimum Gasteiger partial charge on any atom is -0.457 e. The first-order valence-corrected chi connectivity index (χ1v) is 6.40. The molecule has 1 saturated heterocycles. The molecule has 1 rings (SSSR count). The SMILES string of the molecule is C=C(C)C(=O)OCC[S+]1CCCC1. The van der Waals surface area contributed by atoms with Gasteiger partial charge in [0.15, 0.2) is 0 Å². The zero-order chi connectivity index (χ0) is 9.68. The summed E-state index contributed by atoms with van der Waals surface area (Å²) in [7, 11) is 0.536. The van der Waals surface area contributed by atoms with Crippen molar-refractivity contribution in [1.82, 2.24) is 0 Å². The number of rotatable bonds is 4. The molecule has 0 aliphatic carbocycles. The second-order valence-corrected chi connectivity index (χ2v) is 5.80. The van der Waals surface area contributed by atoms with E-state index < -0.39 is 0 Å². The van der Waals surface area contributed by atoms with Crippen molar-refractivity contribution in [2.75, 3.05) is 23.9 Å². The Morgan fingerprint density at radius 1 is 1.46 bits per heavy atom. The molecule has 2 nitrogen and oxygen atoms in total. The molecular formula is C10H17O2S+. The van der Waals surface area contributed by atoms with E-state index in [1.165, 1.54) is 24.3 Å². The summed E-state index contributed by atoms with van der Waals surface area (Å²) in [6, 6.07) is 0. The molecule has 74 valence electrons. The first-order valence-electron chi connectivity index (χ1n) is 4.67. The van der Waals surface area contributed by atoms with Gasteiger partial charge in [0.25, 0.3) is 0 Å². The molecule has 0 saturated carbocycles. The van der Waals surface area contributed by atoms with Crippen LogP contribution < -0.4 is 0 Å². The van der Waals surface area contributed by atoms with E-state index >= 15 is 0 Å². The van der Waals surface area contributed by atoms with Gasteiger partial charge in [-0.25, -0.2) is 4.79 Å². The van der Waals surface area contributed by atoms with Crippen molar-refractivity contribution in [3.63, 3.8) is 0 Å². The molecule has 0 atom stereocenters. The molecule has 0 aromatic carbocycles. The molecule has 1 fully saturated rings. The van der Waals surface area contributed by atoms with Gasteiger partial charge < -0.3 is 4.74 Å². The summed E-state index contributed by atoms with van der Waals surface area (Å²) in [6.45, 7) is 5.79. The van der Waals surface area contributed by atoms with Crippen LogP contribution in [0.25, 0.3) is 0 Å². The van der Waals surface area contributed by atoms with Crippen LogP contribution >= 0.6 is 0 Å². The zero-order valence-corrected chi connectivity index (χ0v) is 8.99. The van der Waals surface area contributed by atoms with E-state index in [0.717, 1.165) is 5.75 Å². The summed E-state index contributed by atoms with van der Waals surface area (Å²) in [5.74, 6) is 3.48. The van der Waals surface area contributed by atoms with Gasteiger partial charge in [-0.15, -0.1) is 0 Å². The first-order chi connectivity index (χ1) is 6.20.